The van der Waals surface area contributed by atoms with E-state index in [0.717, 1.165) is 17.6 Å². The maximum absolute atomic E-state index is 11.4. The van der Waals surface area contributed by atoms with Crippen LogP contribution in [-0.4, -0.2) is 25.1 Å². The van der Waals surface area contributed by atoms with Gasteiger partial charge in [0.25, 0.3) is 5.24 Å². The zero-order valence-electron chi connectivity index (χ0n) is 15.0. The number of phenolic OH excluding ortho intramolecular Hbond substituents is 1. The monoisotopic (exact) mass is 370 g/mol. The molecule has 136 valence electrons. The number of allylic oxidation sites excluding steroid dienone is 5. The SMILES string of the molecule is C=C(C)/C=C(\C=CC)n1c(NC(=O)S)nnc1-c1cc(CC)ccc1O. The van der Waals surface area contributed by atoms with Crippen molar-refractivity contribution in [1.29, 1.82) is 0 Å². The molecule has 0 fully saturated rings. The second kappa shape index (κ2) is 8.53. The number of carbonyl (C=O) groups excluding carboxylic acids is 1. The molecule has 0 radical (unpaired) electrons. The molecule has 26 heavy (non-hydrogen) atoms. The molecule has 0 bridgehead atoms. The summed E-state index contributed by atoms with van der Waals surface area (Å²) in [5.74, 6) is 0.683. The molecule has 6 nitrogen and oxygen atoms in total. The normalized spacial score (nSPS) is 11.8. The molecule has 2 rings (SSSR count). The Labute approximate surface area is 158 Å². The van der Waals surface area contributed by atoms with Crippen molar-refractivity contribution in [2.75, 3.05) is 5.32 Å². The number of carbonyl (C=O) groups is 1. The number of aromatic nitrogens is 3. The number of anilines is 1. The first kappa shape index (κ1) is 19.5. The summed E-state index contributed by atoms with van der Waals surface area (Å²) in [7, 11) is 0. The van der Waals surface area contributed by atoms with E-state index in [0.29, 0.717) is 17.1 Å². The molecule has 0 aliphatic heterocycles. The quantitative estimate of drug-likeness (QED) is 0.510. The van der Waals surface area contributed by atoms with Crippen molar-refractivity contribution >= 4 is 29.5 Å². The van der Waals surface area contributed by atoms with Gasteiger partial charge < -0.3 is 5.11 Å². The molecular formula is C19H22N4O2S. The number of hydrogen-bond donors (Lipinski definition) is 3. The highest BCUT2D eigenvalue weighted by atomic mass is 32.1. The average Bonchev–Trinajstić information content (AvgIpc) is 2.97. The van der Waals surface area contributed by atoms with Gasteiger partial charge in [0.05, 0.1) is 11.3 Å². The number of nitrogens with zero attached hydrogens (tertiary/aromatic N) is 3. The lowest BCUT2D eigenvalue weighted by Gasteiger charge is -2.13. The maximum atomic E-state index is 11.4. The Balaban J connectivity index is 2.77. The standard InChI is InChI=1S/C19H22N4O2S/c1-5-7-14(10-12(3)4)23-17(21-22-18(23)20-19(25)26)15-11-13(6-2)8-9-16(15)24/h5,7-11,24H,3,6H2,1-2,4H3,(H2,20,22,25,26)/b7-5?,14-10+. The van der Waals surface area contributed by atoms with Crippen LogP contribution in [0.4, 0.5) is 10.7 Å². The van der Waals surface area contributed by atoms with Gasteiger partial charge in [0.15, 0.2) is 5.82 Å². The topological polar surface area (TPSA) is 80.0 Å². The van der Waals surface area contributed by atoms with Crippen LogP contribution in [0.25, 0.3) is 17.1 Å². The first-order valence-corrected chi connectivity index (χ1v) is 8.60. The third-order valence-electron chi connectivity index (χ3n) is 3.58. The van der Waals surface area contributed by atoms with Crippen LogP contribution in [0.3, 0.4) is 0 Å². The van der Waals surface area contributed by atoms with Crippen molar-refractivity contribution in [3.63, 3.8) is 0 Å². The van der Waals surface area contributed by atoms with Gasteiger partial charge in [-0.2, -0.15) is 0 Å². The lowest BCUT2D eigenvalue weighted by Crippen LogP contribution is -2.09. The number of nitrogens with one attached hydrogen (secondary N) is 1. The molecule has 0 spiro atoms. The summed E-state index contributed by atoms with van der Waals surface area (Å²) in [4.78, 5) is 11.4. The highest BCUT2D eigenvalue weighted by Gasteiger charge is 2.20. The predicted octanol–water partition coefficient (Wildman–Crippen LogP) is 4.67. The number of phenols is 1. The molecule has 0 unspecified atom stereocenters. The fraction of sp³-hybridized carbons (Fsp3) is 0.211. The van der Waals surface area contributed by atoms with Crippen LogP contribution < -0.4 is 5.32 Å². The van der Waals surface area contributed by atoms with Gasteiger partial charge >= 0.3 is 0 Å². The molecule has 1 heterocycles. The van der Waals surface area contributed by atoms with E-state index < -0.39 is 5.24 Å². The Bertz CT molecular complexity index is 897. The number of benzene rings is 1. The Hall–Kier alpha value is -2.80. The highest BCUT2D eigenvalue weighted by Crippen LogP contribution is 2.33. The molecular weight excluding hydrogens is 348 g/mol. The molecule has 1 amide bonds. The third-order valence-corrected chi connectivity index (χ3v) is 3.69. The summed E-state index contributed by atoms with van der Waals surface area (Å²) in [6.45, 7) is 9.67. The van der Waals surface area contributed by atoms with E-state index in [4.69, 9.17) is 0 Å². The number of hydrogen-bond acceptors (Lipinski definition) is 4. The van der Waals surface area contributed by atoms with Gasteiger partial charge in [-0.05, 0) is 50.1 Å². The lowest BCUT2D eigenvalue weighted by molar-refractivity contribution is 0.270. The number of aromatic hydroxyl groups is 1. The molecule has 0 aliphatic rings. The van der Waals surface area contributed by atoms with Crippen molar-refractivity contribution < 1.29 is 9.90 Å². The summed E-state index contributed by atoms with van der Waals surface area (Å²) in [6, 6.07) is 5.34. The average molecular weight is 370 g/mol. The first-order chi connectivity index (χ1) is 12.4. The molecule has 0 saturated carbocycles. The molecule has 2 N–H and O–H groups in total. The van der Waals surface area contributed by atoms with E-state index in [-0.39, 0.29) is 11.7 Å². The van der Waals surface area contributed by atoms with Crippen LogP contribution in [0.5, 0.6) is 5.75 Å². The van der Waals surface area contributed by atoms with Crippen molar-refractivity contribution in [3.8, 4) is 17.1 Å². The van der Waals surface area contributed by atoms with Gasteiger partial charge in [0.2, 0.25) is 5.95 Å². The van der Waals surface area contributed by atoms with Crippen LogP contribution in [0.1, 0.15) is 26.3 Å². The van der Waals surface area contributed by atoms with Crippen molar-refractivity contribution in [2.45, 2.75) is 27.2 Å². The van der Waals surface area contributed by atoms with Crippen LogP contribution in [0, 0.1) is 0 Å². The van der Waals surface area contributed by atoms with E-state index in [1.807, 2.05) is 51.1 Å². The van der Waals surface area contributed by atoms with Gasteiger partial charge in [-0.15, -0.1) is 10.2 Å². The van der Waals surface area contributed by atoms with Gasteiger partial charge in [-0.25, -0.2) is 0 Å². The number of thiol groups is 1. The zero-order chi connectivity index (χ0) is 19.3. The van der Waals surface area contributed by atoms with Crippen molar-refractivity contribution in [1.82, 2.24) is 14.8 Å². The van der Waals surface area contributed by atoms with E-state index >= 15 is 0 Å². The lowest BCUT2D eigenvalue weighted by atomic mass is 10.1. The largest absolute Gasteiger partial charge is 0.507 e. The summed E-state index contributed by atoms with van der Waals surface area (Å²) in [6.07, 6.45) is 6.34. The molecule has 0 atom stereocenters. The van der Waals surface area contributed by atoms with Crippen LogP contribution in [0.2, 0.25) is 0 Å². The minimum atomic E-state index is -0.563. The number of rotatable bonds is 6. The predicted molar refractivity (Wildman–Crippen MR) is 108 cm³/mol. The Morgan fingerprint density at radius 1 is 1.42 bits per heavy atom. The molecule has 7 heteroatoms. The fourth-order valence-corrected chi connectivity index (χ4v) is 2.57. The van der Waals surface area contributed by atoms with E-state index in [9.17, 15) is 9.90 Å². The second-order valence-electron chi connectivity index (χ2n) is 5.73. The van der Waals surface area contributed by atoms with Gasteiger partial charge in [0.1, 0.15) is 5.75 Å². The second-order valence-corrected chi connectivity index (χ2v) is 6.14. The van der Waals surface area contributed by atoms with Crippen molar-refractivity contribution in [3.05, 3.63) is 54.1 Å². The molecule has 2 aromatic rings. The maximum Gasteiger partial charge on any atom is 0.282 e. The van der Waals surface area contributed by atoms with Crippen LogP contribution in [-0.2, 0) is 6.42 Å². The number of amides is 1. The molecule has 0 saturated heterocycles. The molecule has 1 aromatic carbocycles. The van der Waals surface area contributed by atoms with Gasteiger partial charge in [-0.3, -0.25) is 14.7 Å². The fourth-order valence-electron chi connectivity index (χ4n) is 2.47. The third kappa shape index (κ3) is 4.43. The smallest absolute Gasteiger partial charge is 0.282 e. The zero-order valence-corrected chi connectivity index (χ0v) is 15.9. The Morgan fingerprint density at radius 3 is 2.73 bits per heavy atom. The molecule has 1 aromatic heterocycles. The minimum Gasteiger partial charge on any atom is -0.507 e. The first-order valence-electron chi connectivity index (χ1n) is 8.15. The molecule has 0 aliphatic carbocycles. The van der Waals surface area contributed by atoms with Gasteiger partial charge in [-0.1, -0.05) is 43.8 Å². The van der Waals surface area contributed by atoms with Crippen LogP contribution >= 0.6 is 12.6 Å². The Kier molecular flexibility index (Phi) is 6.41. The van der Waals surface area contributed by atoms with E-state index in [1.54, 1.807) is 10.6 Å². The summed E-state index contributed by atoms with van der Waals surface area (Å²) < 4.78 is 1.65. The highest BCUT2D eigenvalue weighted by molar-refractivity contribution is 7.96. The minimum absolute atomic E-state index is 0.0785. The summed E-state index contributed by atoms with van der Waals surface area (Å²) in [5, 5.41) is 20.6. The summed E-state index contributed by atoms with van der Waals surface area (Å²) >= 11 is 3.76. The van der Waals surface area contributed by atoms with Crippen LogP contribution in [0.15, 0.2) is 48.6 Å². The number of aryl methyl sites for hydroxylation is 1. The van der Waals surface area contributed by atoms with Crippen molar-refractivity contribution in [2.24, 2.45) is 0 Å². The Morgan fingerprint density at radius 2 is 2.15 bits per heavy atom. The van der Waals surface area contributed by atoms with Gasteiger partial charge in [0, 0.05) is 0 Å². The summed E-state index contributed by atoms with van der Waals surface area (Å²) in [5.41, 5.74) is 3.07. The van der Waals surface area contributed by atoms with E-state index in [1.165, 1.54) is 0 Å². The van der Waals surface area contributed by atoms with E-state index in [2.05, 4.69) is 34.7 Å².